The highest BCUT2D eigenvalue weighted by atomic mass is 32.2. The Morgan fingerprint density at radius 1 is 1.32 bits per heavy atom. The van der Waals surface area contributed by atoms with E-state index in [9.17, 15) is 13.2 Å². The van der Waals surface area contributed by atoms with E-state index in [1.807, 2.05) is 0 Å². The Morgan fingerprint density at radius 2 is 2.05 bits per heavy atom. The number of benzene rings is 1. The second kappa shape index (κ2) is 5.12. The molecule has 0 amide bonds. The first-order chi connectivity index (χ1) is 8.88. The van der Waals surface area contributed by atoms with Gasteiger partial charge < -0.3 is 5.73 Å². The lowest BCUT2D eigenvalue weighted by Gasteiger charge is -2.10. The van der Waals surface area contributed by atoms with Crippen LogP contribution >= 0.6 is 11.8 Å². The van der Waals surface area contributed by atoms with Gasteiger partial charge >= 0.3 is 6.18 Å². The largest absolute Gasteiger partial charge is 0.416 e. The number of alkyl halides is 3. The van der Waals surface area contributed by atoms with Gasteiger partial charge in [0.2, 0.25) is 0 Å². The molecule has 0 saturated carbocycles. The van der Waals surface area contributed by atoms with Gasteiger partial charge in [-0.25, -0.2) is 4.63 Å². The van der Waals surface area contributed by atoms with Crippen molar-refractivity contribution in [1.82, 2.24) is 10.3 Å². The van der Waals surface area contributed by atoms with Gasteiger partial charge in [0.25, 0.3) is 0 Å². The average Bonchev–Trinajstić information content (AvgIpc) is 2.72. The summed E-state index contributed by atoms with van der Waals surface area (Å²) in [4.78, 5) is 0.565. The zero-order valence-electron chi connectivity index (χ0n) is 9.86. The molecule has 2 N–H and O–H groups in total. The van der Waals surface area contributed by atoms with Gasteiger partial charge in [0.1, 0.15) is 11.4 Å². The molecule has 19 heavy (non-hydrogen) atoms. The van der Waals surface area contributed by atoms with Crippen LogP contribution < -0.4 is 5.73 Å². The first-order valence-corrected chi connectivity index (χ1v) is 6.24. The topological polar surface area (TPSA) is 64.9 Å². The summed E-state index contributed by atoms with van der Waals surface area (Å²) >= 11 is 1.28. The van der Waals surface area contributed by atoms with Gasteiger partial charge in [0.05, 0.1) is 5.56 Å². The molecule has 0 aliphatic carbocycles. The van der Waals surface area contributed by atoms with Gasteiger partial charge in [0.15, 0.2) is 0 Å². The molecule has 2 rings (SSSR count). The zero-order chi connectivity index (χ0) is 14.0. The molecule has 1 aromatic heterocycles. The molecule has 0 unspecified atom stereocenters. The molecule has 0 aliphatic heterocycles. The smallest absolute Gasteiger partial charge is 0.398 e. The number of aromatic nitrogens is 2. The summed E-state index contributed by atoms with van der Waals surface area (Å²) in [5.41, 5.74) is 6.24. The third-order valence-corrected chi connectivity index (χ3v) is 3.55. The number of nitrogen functional groups attached to an aromatic ring is 1. The van der Waals surface area contributed by atoms with Crippen molar-refractivity contribution >= 4 is 17.4 Å². The van der Waals surface area contributed by atoms with Crippen LogP contribution in [0.5, 0.6) is 0 Å². The average molecular weight is 289 g/mol. The van der Waals surface area contributed by atoms with Crippen LogP contribution in [-0.4, -0.2) is 10.3 Å². The summed E-state index contributed by atoms with van der Waals surface area (Å²) in [7, 11) is 0. The van der Waals surface area contributed by atoms with Crippen LogP contribution in [0.15, 0.2) is 27.7 Å². The van der Waals surface area contributed by atoms with E-state index < -0.39 is 11.7 Å². The van der Waals surface area contributed by atoms with Crippen molar-refractivity contribution in [2.24, 2.45) is 0 Å². The second-order valence-corrected chi connectivity index (χ2v) is 4.85. The van der Waals surface area contributed by atoms with Gasteiger partial charge in [-0.2, -0.15) is 13.2 Å². The summed E-state index contributed by atoms with van der Waals surface area (Å²) in [5, 5.41) is 7.31. The standard InChI is InChI=1S/C11H10F3N3OS/c1-6-9(17-18-16-6)5-19-10-3-2-7(4-8(10)15)11(12,13)14/h2-4H,5,15H2,1H3. The van der Waals surface area contributed by atoms with Crippen LogP contribution in [0.1, 0.15) is 17.0 Å². The molecule has 4 nitrogen and oxygen atoms in total. The van der Waals surface area contributed by atoms with Crippen LogP contribution in [0, 0.1) is 6.92 Å². The van der Waals surface area contributed by atoms with E-state index in [4.69, 9.17) is 5.73 Å². The number of rotatable bonds is 3. The minimum atomic E-state index is -4.38. The van der Waals surface area contributed by atoms with E-state index in [1.54, 1.807) is 6.92 Å². The van der Waals surface area contributed by atoms with E-state index in [2.05, 4.69) is 14.9 Å². The number of anilines is 1. The Hall–Kier alpha value is -1.70. The van der Waals surface area contributed by atoms with Crippen LogP contribution in [0.25, 0.3) is 0 Å². The fraction of sp³-hybridized carbons (Fsp3) is 0.273. The molecular weight excluding hydrogens is 279 g/mol. The van der Waals surface area contributed by atoms with Crippen molar-refractivity contribution in [2.45, 2.75) is 23.7 Å². The number of thioether (sulfide) groups is 1. The number of aryl methyl sites for hydroxylation is 1. The number of hydrogen-bond donors (Lipinski definition) is 1. The fourth-order valence-electron chi connectivity index (χ4n) is 1.38. The Bertz CT molecular complexity index is 583. The third-order valence-electron chi connectivity index (χ3n) is 2.45. The van der Waals surface area contributed by atoms with Gasteiger partial charge in [-0.1, -0.05) is 10.3 Å². The van der Waals surface area contributed by atoms with Crippen LogP contribution in [-0.2, 0) is 11.9 Å². The molecule has 1 aromatic carbocycles. The highest BCUT2D eigenvalue weighted by Crippen LogP contribution is 2.35. The SMILES string of the molecule is Cc1nonc1CSc1ccc(C(F)(F)F)cc1N. The fourth-order valence-corrected chi connectivity index (χ4v) is 2.33. The normalized spacial score (nSPS) is 11.8. The van der Waals surface area contributed by atoms with Crippen molar-refractivity contribution in [3.8, 4) is 0 Å². The molecule has 0 fully saturated rings. The molecule has 0 spiro atoms. The molecule has 102 valence electrons. The Balaban J connectivity index is 2.12. The maximum absolute atomic E-state index is 12.5. The number of nitrogens with zero attached hydrogens (tertiary/aromatic N) is 2. The maximum Gasteiger partial charge on any atom is 0.416 e. The second-order valence-electron chi connectivity index (χ2n) is 3.84. The van der Waals surface area contributed by atoms with E-state index >= 15 is 0 Å². The summed E-state index contributed by atoms with van der Waals surface area (Å²) in [6.45, 7) is 1.74. The predicted octanol–water partition coefficient (Wildman–Crippen LogP) is 3.27. The molecule has 8 heteroatoms. The van der Waals surface area contributed by atoms with Gasteiger partial charge in [0, 0.05) is 16.3 Å². The van der Waals surface area contributed by atoms with Crippen LogP contribution in [0.3, 0.4) is 0 Å². The minimum Gasteiger partial charge on any atom is -0.398 e. The highest BCUT2D eigenvalue weighted by molar-refractivity contribution is 7.98. The summed E-state index contributed by atoms with van der Waals surface area (Å²) < 4.78 is 41.9. The van der Waals surface area contributed by atoms with E-state index in [0.717, 1.165) is 12.1 Å². The minimum absolute atomic E-state index is 0.0916. The number of hydrogen-bond acceptors (Lipinski definition) is 5. The predicted molar refractivity (Wildman–Crippen MR) is 64.5 cm³/mol. The Kier molecular flexibility index (Phi) is 3.70. The maximum atomic E-state index is 12.5. The molecule has 2 aromatic rings. The zero-order valence-corrected chi connectivity index (χ0v) is 10.7. The van der Waals surface area contributed by atoms with Gasteiger partial charge in [-0.3, -0.25) is 0 Å². The van der Waals surface area contributed by atoms with Gasteiger partial charge in [-0.15, -0.1) is 11.8 Å². The molecular formula is C11H10F3N3OS. The first-order valence-electron chi connectivity index (χ1n) is 5.25. The van der Waals surface area contributed by atoms with Crippen molar-refractivity contribution in [3.63, 3.8) is 0 Å². The van der Waals surface area contributed by atoms with Crippen LogP contribution in [0.2, 0.25) is 0 Å². The molecule has 0 saturated heterocycles. The Labute approximate surface area is 111 Å². The van der Waals surface area contributed by atoms with E-state index in [-0.39, 0.29) is 5.69 Å². The molecule has 0 bridgehead atoms. The lowest BCUT2D eigenvalue weighted by Crippen LogP contribution is -2.05. The van der Waals surface area contributed by atoms with Crippen LogP contribution in [0.4, 0.5) is 18.9 Å². The Morgan fingerprint density at radius 3 is 2.58 bits per heavy atom. The monoisotopic (exact) mass is 289 g/mol. The molecule has 0 radical (unpaired) electrons. The van der Waals surface area contributed by atoms with Crippen molar-refractivity contribution < 1.29 is 17.8 Å². The molecule has 0 atom stereocenters. The third kappa shape index (κ3) is 3.19. The van der Waals surface area contributed by atoms with E-state index in [1.165, 1.54) is 17.8 Å². The highest BCUT2D eigenvalue weighted by Gasteiger charge is 2.30. The first kappa shape index (κ1) is 13.7. The number of halogens is 3. The summed E-state index contributed by atoms with van der Waals surface area (Å²) in [6.07, 6.45) is -4.38. The van der Waals surface area contributed by atoms with Crippen molar-refractivity contribution in [2.75, 3.05) is 5.73 Å². The number of nitrogens with two attached hydrogens (primary N) is 1. The summed E-state index contributed by atoms with van der Waals surface area (Å²) in [6, 6.07) is 3.29. The van der Waals surface area contributed by atoms with Crippen molar-refractivity contribution in [1.29, 1.82) is 0 Å². The van der Waals surface area contributed by atoms with Gasteiger partial charge in [-0.05, 0) is 25.1 Å². The lowest BCUT2D eigenvalue weighted by atomic mass is 10.2. The van der Waals surface area contributed by atoms with Crippen molar-refractivity contribution in [3.05, 3.63) is 35.2 Å². The van der Waals surface area contributed by atoms with E-state index in [0.29, 0.717) is 22.0 Å². The lowest BCUT2D eigenvalue weighted by molar-refractivity contribution is -0.137. The summed E-state index contributed by atoms with van der Waals surface area (Å²) in [5.74, 6) is 0.435. The molecule has 1 heterocycles. The quantitative estimate of drug-likeness (QED) is 0.694. The molecule has 0 aliphatic rings.